The Morgan fingerprint density at radius 3 is 2.90 bits per heavy atom. The van der Waals surface area contributed by atoms with Crippen LogP contribution in [0.2, 0.25) is 0 Å². The molecule has 1 rings (SSSR count). The molecule has 0 fully saturated rings. The van der Waals surface area contributed by atoms with Gasteiger partial charge in [-0.2, -0.15) is 0 Å². The van der Waals surface area contributed by atoms with Crippen LogP contribution in [-0.4, -0.2) is 38.6 Å². The minimum atomic E-state index is 1.08. The largest absolute Gasteiger partial charge is 0.313 e. The number of nitrogens with zero attached hydrogens (tertiary/aromatic N) is 1. The molecule has 1 heterocycles. The van der Waals surface area contributed by atoms with E-state index in [4.69, 9.17) is 0 Å². The lowest BCUT2D eigenvalue weighted by Crippen LogP contribution is -2.27. The molecule has 0 aliphatic carbocycles. The van der Waals surface area contributed by atoms with Gasteiger partial charge in [-0.3, -0.25) is 0 Å². The zero-order chi connectivity index (χ0) is 7.40. The number of nitrogens with one attached hydrogen (secondary N) is 1. The molecule has 0 saturated carbocycles. The Labute approximate surface area is 62.9 Å². The van der Waals surface area contributed by atoms with E-state index >= 15 is 0 Å². The van der Waals surface area contributed by atoms with Crippen molar-refractivity contribution in [2.75, 3.05) is 33.7 Å². The van der Waals surface area contributed by atoms with Crippen molar-refractivity contribution in [3.63, 3.8) is 0 Å². The van der Waals surface area contributed by atoms with E-state index in [1.807, 2.05) is 0 Å². The van der Waals surface area contributed by atoms with E-state index < -0.39 is 0 Å². The molecule has 1 aliphatic heterocycles. The van der Waals surface area contributed by atoms with E-state index in [1.165, 1.54) is 12.0 Å². The molecular formula is C8H16N2. The van der Waals surface area contributed by atoms with Gasteiger partial charge in [-0.15, -0.1) is 0 Å². The van der Waals surface area contributed by atoms with Crippen molar-refractivity contribution in [2.24, 2.45) is 0 Å². The highest BCUT2D eigenvalue weighted by atomic mass is 15.1. The molecular weight excluding hydrogens is 124 g/mol. The second-order valence-corrected chi connectivity index (χ2v) is 3.07. The molecule has 0 aromatic rings. The van der Waals surface area contributed by atoms with E-state index in [1.54, 1.807) is 0 Å². The number of likely N-dealkylation sites (N-methyl/N-ethyl adjacent to an activating group) is 1. The van der Waals surface area contributed by atoms with Crippen molar-refractivity contribution < 1.29 is 0 Å². The van der Waals surface area contributed by atoms with Crippen LogP contribution in [0, 0.1) is 0 Å². The third kappa shape index (κ3) is 2.50. The summed E-state index contributed by atoms with van der Waals surface area (Å²) in [5, 5.41) is 3.35. The van der Waals surface area contributed by atoms with Gasteiger partial charge in [0, 0.05) is 13.1 Å². The topological polar surface area (TPSA) is 15.3 Å². The molecule has 1 N–H and O–H groups in total. The van der Waals surface area contributed by atoms with E-state index in [0.717, 1.165) is 19.6 Å². The average molecular weight is 140 g/mol. The zero-order valence-electron chi connectivity index (χ0n) is 6.85. The molecule has 10 heavy (non-hydrogen) atoms. The maximum atomic E-state index is 3.35. The molecule has 0 atom stereocenters. The van der Waals surface area contributed by atoms with Crippen molar-refractivity contribution in [1.82, 2.24) is 10.2 Å². The van der Waals surface area contributed by atoms with Gasteiger partial charge in [-0.25, -0.2) is 0 Å². The van der Waals surface area contributed by atoms with Crippen LogP contribution in [0.5, 0.6) is 0 Å². The van der Waals surface area contributed by atoms with Gasteiger partial charge in [0.15, 0.2) is 0 Å². The fourth-order valence-electron chi connectivity index (χ4n) is 1.23. The minimum Gasteiger partial charge on any atom is -0.313 e. The fourth-order valence-corrected chi connectivity index (χ4v) is 1.23. The maximum Gasteiger partial charge on any atom is 0.0199 e. The van der Waals surface area contributed by atoms with Crippen LogP contribution < -0.4 is 5.32 Å². The summed E-state index contributed by atoms with van der Waals surface area (Å²) in [6, 6.07) is 0. The molecule has 0 amide bonds. The van der Waals surface area contributed by atoms with Gasteiger partial charge >= 0.3 is 0 Å². The van der Waals surface area contributed by atoms with E-state index in [0.29, 0.717) is 0 Å². The number of hydrogen-bond acceptors (Lipinski definition) is 2. The SMILES string of the molecule is CN(C)CC1=CCCNC1. The molecule has 58 valence electrons. The van der Waals surface area contributed by atoms with Crippen LogP contribution in [0.1, 0.15) is 6.42 Å². The summed E-state index contributed by atoms with van der Waals surface area (Å²) in [4.78, 5) is 2.21. The van der Waals surface area contributed by atoms with Crippen LogP contribution in [-0.2, 0) is 0 Å². The molecule has 0 radical (unpaired) electrons. The normalized spacial score (nSPS) is 19.3. The Balaban J connectivity index is 2.31. The first-order valence-corrected chi connectivity index (χ1v) is 3.82. The number of rotatable bonds is 2. The van der Waals surface area contributed by atoms with E-state index in [2.05, 4.69) is 30.4 Å². The van der Waals surface area contributed by atoms with Gasteiger partial charge < -0.3 is 10.2 Å². The second kappa shape index (κ2) is 3.74. The molecule has 2 nitrogen and oxygen atoms in total. The summed E-state index contributed by atoms with van der Waals surface area (Å²) in [5.41, 5.74) is 1.52. The van der Waals surface area contributed by atoms with Crippen molar-refractivity contribution in [3.05, 3.63) is 11.6 Å². The van der Waals surface area contributed by atoms with E-state index in [9.17, 15) is 0 Å². The third-order valence-electron chi connectivity index (χ3n) is 1.63. The quantitative estimate of drug-likeness (QED) is 0.561. The first kappa shape index (κ1) is 7.76. The molecule has 1 aliphatic rings. The highest BCUT2D eigenvalue weighted by Gasteiger charge is 2.02. The van der Waals surface area contributed by atoms with Crippen LogP contribution in [0.3, 0.4) is 0 Å². The highest BCUT2D eigenvalue weighted by Crippen LogP contribution is 2.00. The Hall–Kier alpha value is -0.340. The number of hydrogen-bond donors (Lipinski definition) is 1. The molecule has 0 spiro atoms. The van der Waals surface area contributed by atoms with Crippen LogP contribution in [0.25, 0.3) is 0 Å². The Morgan fingerprint density at radius 1 is 1.60 bits per heavy atom. The predicted molar refractivity (Wildman–Crippen MR) is 44.1 cm³/mol. The predicted octanol–water partition coefficient (Wildman–Crippen LogP) is 0.468. The van der Waals surface area contributed by atoms with Gasteiger partial charge in [0.25, 0.3) is 0 Å². The van der Waals surface area contributed by atoms with Gasteiger partial charge in [-0.05, 0) is 32.6 Å². The summed E-state index contributed by atoms with van der Waals surface area (Å²) in [6.07, 6.45) is 3.54. The van der Waals surface area contributed by atoms with Crippen molar-refractivity contribution in [2.45, 2.75) is 6.42 Å². The van der Waals surface area contributed by atoms with Crippen molar-refractivity contribution in [1.29, 1.82) is 0 Å². The van der Waals surface area contributed by atoms with Crippen LogP contribution in [0.4, 0.5) is 0 Å². The van der Waals surface area contributed by atoms with Crippen LogP contribution in [0.15, 0.2) is 11.6 Å². The minimum absolute atomic E-state index is 1.08. The Kier molecular flexibility index (Phi) is 2.90. The smallest absolute Gasteiger partial charge is 0.0199 e. The zero-order valence-corrected chi connectivity index (χ0v) is 6.85. The first-order chi connectivity index (χ1) is 4.79. The molecule has 0 bridgehead atoms. The molecule has 0 unspecified atom stereocenters. The Bertz CT molecular complexity index is 127. The van der Waals surface area contributed by atoms with E-state index in [-0.39, 0.29) is 0 Å². The summed E-state index contributed by atoms with van der Waals surface area (Å²) >= 11 is 0. The van der Waals surface area contributed by atoms with Gasteiger partial charge in [0.05, 0.1) is 0 Å². The highest BCUT2D eigenvalue weighted by molar-refractivity contribution is 5.09. The first-order valence-electron chi connectivity index (χ1n) is 3.82. The fraction of sp³-hybridized carbons (Fsp3) is 0.750. The summed E-state index contributed by atoms with van der Waals surface area (Å²) < 4.78 is 0. The summed E-state index contributed by atoms with van der Waals surface area (Å²) in [6.45, 7) is 3.34. The van der Waals surface area contributed by atoms with Crippen molar-refractivity contribution in [3.8, 4) is 0 Å². The van der Waals surface area contributed by atoms with Gasteiger partial charge in [-0.1, -0.05) is 6.08 Å². The third-order valence-corrected chi connectivity index (χ3v) is 1.63. The lowest BCUT2D eigenvalue weighted by molar-refractivity contribution is 0.435. The summed E-state index contributed by atoms with van der Waals surface area (Å²) in [7, 11) is 4.21. The lowest BCUT2D eigenvalue weighted by Gasteiger charge is -2.17. The standard InChI is InChI=1S/C8H16N2/c1-10(2)7-8-4-3-5-9-6-8/h4,9H,3,5-7H2,1-2H3. The maximum absolute atomic E-state index is 3.35. The lowest BCUT2D eigenvalue weighted by atomic mass is 10.1. The van der Waals surface area contributed by atoms with Crippen molar-refractivity contribution >= 4 is 0 Å². The molecule has 0 aromatic heterocycles. The average Bonchev–Trinajstić information content (AvgIpc) is 1.88. The van der Waals surface area contributed by atoms with Gasteiger partial charge in [0.1, 0.15) is 0 Å². The Morgan fingerprint density at radius 2 is 2.40 bits per heavy atom. The van der Waals surface area contributed by atoms with Crippen LogP contribution >= 0.6 is 0 Å². The summed E-state index contributed by atoms with van der Waals surface area (Å²) in [5.74, 6) is 0. The molecule has 0 saturated heterocycles. The monoisotopic (exact) mass is 140 g/mol. The molecule has 2 heteroatoms. The second-order valence-electron chi connectivity index (χ2n) is 3.07. The molecule has 0 aromatic carbocycles. The van der Waals surface area contributed by atoms with Gasteiger partial charge in [0.2, 0.25) is 0 Å².